The second kappa shape index (κ2) is 7.06. The van der Waals surface area contributed by atoms with Gasteiger partial charge in [-0.3, -0.25) is 4.90 Å². The first-order valence-electron chi connectivity index (χ1n) is 6.86. The van der Waals surface area contributed by atoms with E-state index in [1.165, 1.54) is 4.88 Å². The first-order chi connectivity index (χ1) is 9.20. The fraction of sp³-hybridized carbons (Fsp3) is 0.600. The first kappa shape index (κ1) is 14.5. The van der Waals surface area contributed by atoms with Crippen molar-refractivity contribution in [1.82, 2.24) is 4.90 Å². The van der Waals surface area contributed by atoms with E-state index in [-0.39, 0.29) is 6.10 Å². The van der Waals surface area contributed by atoms with Crippen molar-refractivity contribution in [3.8, 4) is 11.8 Å². The van der Waals surface area contributed by atoms with Gasteiger partial charge in [0.05, 0.1) is 12.6 Å². The Morgan fingerprint density at radius 3 is 2.89 bits per heavy atom. The summed E-state index contributed by atoms with van der Waals surface area (Å²) in [6.07, 6.45) is 2.01. The van der Waals surface area contributed by atoms with E-state index in [1.54, 1.807) is 11.3 Å². The van der Waals surface area contributed by atoms with E-state index in [1.807, 2.05) is 6.92 Å². The van der Waals surface area contributed by atoms with E-state index in [0.717, 1.165) is 38.0 Å². The van der Waals surface area contributed by atoms with E-state index in [2.05, 4.69) is 28.2 Å². The van der Waals surface area contributed by atoms with E-state index in [0.29, 0.717) is 12.5 Å². The molecule has 1 saturated heterocycles. The van der Waals surface area contributed by atoms with Crippen LogP contribution in [0.1, 0.15) is 30.2 Å². The molecular weight excluding hydrogens is 256 g/mol. The van der Waals surface area contributed by atoms with Gasteiger partial charge in [-0.2, -0.15) is 0 Å². The van der Waals surface area contributed by atoms with Crippen molar-refractivity contribution < 1.29 is 5.11 Å². The molecule has 4 heteroatoms. The van der Waals surface area contributed by atoms with Gasteiger partial charge in [0.25, 0.3) is 0 Å². The molecule has 0 aliphatic carbocycles. The second-order valence-corrected chi connectivity index (χ2v) is 6.12. The molecule has 0 spiro atoms. The Hall–Kier alpha value is -0.860. The van der Waals surface area contributed by atoms with E-state index < -0.39 is 0 Å². The second-order valence-electron chi connectivity index (χ2n) is 5.12. The summed E-state index contributed by atoms with van der Waals surface area (Å²) in [5.74, 6) is 6.53. The van der Waals surface area contributed by atoms with Crippen LogP contribution < -0.4 is 5.73 Å². The highest BCUT2D eigenvalue weighted by molar-refractivity contribution is 7.10. The summed E-state index contributed by atoms with van der Waals surface area (Å²) < 4.78 is 0. The van der Waals surface area contributed by atoms with Crippen molar-refractivity contribution in [2.75, 3.05) is 19.6 Å². The molecule has 1 aromatic heterocycles. The van der Waals surface area contributed by atoms with Gasteiger partial charge >= 0.3 is 0 Å². The van der Waals surface area contributed by atoms with Crippen molar-refractivity contribution in [1.29, 1.82) is 0 Å². The number of aliphatic hydroxyl groups is 1. The Balaban J connectivity index is 1.91. The summed E-state index contributed by atoms with van der Waals surface area (Å²) in [6.45, 7) is 5.42. The Bertz CT molecular complexity index is 450. The average Bonchev–Trinajstić information content (AvgIpc) is 2.84. The lowest BCUT2D eigenvalue weighted by atomic mass is 9.92. The Labute approximate surface area is 119 Å². The zero-order valence-electron chi connectivity index (χ0n) is 11.4. The fourth-order valence-electron chi connectivity index (χ4n) is 2.52. The van der Waals surface area contributed by atoms with Gasteiger partial charge in [0.15, 0.2) is 0 Å². The van der Waals surface area contributed by atoms with Crippen LogP contribution in [0.25, 0.3) is 0 Å². The van der Waals surface area contributed by atoms with Gasteiger partial charge < -0.3 is 10.8 Å². The van der Waals surface area contributed by atoms with Gasteiger partial charge in [0, 0.05) is 17.0 Å². The highest BCUT2D eigenvalue weighted by Gasteiger charge is 2.23. The number of rotatable bonds is 3. The molecule has 0 saturated carbocycles. The number of hydrogen-bond donors (Lipinski definition) is 2. The molecule has 0 bridgehead atoms. The Morgan fingerprint density at radius 1 is 1.53 bits per heavy atom. The standard InChI is InChI=1S/C15H22N2OS/c1-12(18)13-4-8-17(9-5-13)11-15-14(3-2-7-16)6-10-19-15/h6,10,12-13,18H,4-5,7-9,11,16H2,1H3. The molecule has 1 aliphatic heterocycles. The molecule has 0 aromatic carbocycles. The van der Waals surface area contributed by atoms with E-state index in [4.69, 9.17) is 5.73 Å². The number of nitrogens with zero attached hydrogens (tertiary/aromatic N) is 1. The topological polar surface area (TPSA) is 49.5 Å². The van der Waals surface area contributed by atoms with Gasteiger partial charge in [-0.1, -0.05) is 11.8 Å². The first-order valence-corrected chi connectivity index (χ1v) is 7.74. The van der Waals surface area contributed by atoms with Crippen molar-refractivity contribution in [2.24, 2.45) is 11.7 Å². The van der Waals surface area contributed by atoms with Crippen LogP contribution in [0.5, 0.6) is 0 Å². The number of aliphatic hydroxyl groups excluding tert-OH is 1. The van der Waals surface area contributed by atoms with Gasteiger partial charge in [-0.15, -0.1) is 11.3 Å². The Kier molecular flexibility index (Phi) is 5.41. The highest BCUT2D eigenvalue weighted by Crippen LogP contribution is 2.24. The van der Waals surface area contributed by atoms with Crippen LogP contribution in [-0.2, 0) is 6.54 Å². The van der Waals surface area contributed by atoms with Crippen LogP contribution in [0, 0.1) is 17.8 Å². The van der Waals surface area contributed by atoms with Crippen LogP contribution in [0.15, 0.2) is 11.4 Å². The molecule has 1 unspecified atom stereocenters. The molecule has 1 aliphatic rings. The molecule has 1 aromatic rings. The van der Waals surface area contributed by atoms with E-state index >= 15 is 0 Å². The Morgan fingerprint density at radius 2 is 2.26 bits per heavy atom. The highest BCUT2D eigenvalue weighted by atomic mass is 32.1. The largest absolute Gasteiger partial charge is 0.393 e. The zero-order chi connectivity index (χ0) is 13.7. The minimum Gasteiger partial charge on any atom is -0.393 e. The number of thiophene rings is 1. The smallest absolute Gasteiger partial charge is 0.0555 e. The fourth-order valence-corrected chi connectivity index (χ4v) is 3.39. The van der Waals surface area contributed by atoms with E-state index in [9.17, 15) is 5.11 Å². The quantitative estimate of drug-likeness (QED) is 0.827. The molecule has 104 valence electrons. The lowest BCUT2D eigenvalue weighted by molar-refractivity contribution is 0.0698. The van der Waals surface area contributed by atoms with Gasteiger partial charge in [-0.25, -0.2) is 0 Å². The molecule has 3 N–H and O–H groups in total. The molecule has 1 fully saturated rings. The number of likely N-dealkylation sites (tertiary alicyclic amines) is 1. The van der Waals surface area contributed by atoms with Gasteiger partial charge in [0.2, 0.25) is 0 Å². The maximum absolute atomic E-state index is 9.61. The number of hydrogen-bond acceptors (Lipinski definition) is 4. The molecule has 3 nitrogen and oxygen atoms in total. The third-order valence-electron chi connectivity index (χ3n) is 3.75. The minimum absolute atomic E-state index is 0.171. The van der Waals surface area contributed by atoms with Crippen molar-refractivity contribution in [3.63, 3.8) is 0 Å². The molecular formula is C15H22N2OS. The summed E-state index contributed by atoms with van der Waals surface area (Å²) in [5, 5.41) is 11.7. The van der Waals surface area contributed by atoms with Gasteiger partial charge in [-0.05, 0) is 50.2 Å². The van der Waals surface area contributed by atoms with Crippen LogP contribution >= 0.6 is 11.3 Å². The summed E-state index contributed by atoms with van der Waals surface area (Å²) in [5.41, 5.74) is 6.54. The summed E-state index contributed by atoms with van der Waals surface area (Å²) >= 11 is 1.77. The SMILES string of the molecule is CC(O)C1CCN(Cc2sccc2C#CCN)CC1. The molecule has 0 amide bonds. The average molecular weight is 278 g/mol. The zero-order valence-corrected chi connectivity index (χ0v) is 12.2. The maximum Gasteiger partial charge on any atom is 0.0555 e. The summed E-state index contributed by atoms with van der Waals surface area (Å²) in [7, 11) is 0. The molecule has 2 heterocycles. The van der Waals surface area contributed by atoms with Crippen molar-refractivity contribution in [2.45, 2.75) is 32.4 Å². The lowest BCUT2D eigenvalue weighted by Gasteiger charge is -2.33. The predicted octanol–water partition coefficient (Wildman–Crippen LogP) is 1.65. The number of nitrogens with two attached hydrogens (primary N) is 1. The van der Waals surface area contributed by atoms with Crippen molar-refractivity contribution in [3.05, 3.63) is 21.9 Å². The molecule has 2 rings (SSSR count). The normalized spacial score (nSPS) is 18.9. The maximum atomic E-state index is 9.61. The predicted molar refractivity (Wildman–Crippen MR) is 79.9 cm³/mol. The number of piperidine rings is 1. The van der Waals surface area contributed by atoms with Crippen LogP contribution in [-0.4, -0.2) is 35.7 Å². The third-order valence-corrected chi connectivity index (χ3v) is 4.66. The summed E-state index contributed by atoms with van der Waals surface area (Å²) in [4.78, 5) is 3.79. The molecule has 19 heavy (non-hydrogen) atoms. The molecule has 0 radical (unpaired) electrons. The lowest BCUT2D eigenvalue weighted by Crippen LogP contribution is -2.36. The molecule has 1 atom stereocenters. The van der Waals surface area contributed by atoms with Gasteiger partial charge in [0.1, 0.15) is 0 Å². The van der Waals surface area contributed by atoms with Crippen molar-refractivity contribution >= 4 is 11.3 Å². The van der Waals surface area contributed by atoms with Crippen LogP contribution in [0.4, 0.5) is 0 Å². The minimum atomic E-state index is -0.171. The van der Waals surface area contributed by atoms with Crippen LogP contribution in [0.2, 0.25) is 0 Å². The van der Waals surface area contributed by atoms with Crippen LogP contribution in [0.3, 0.4) is 0 Å². The summed E-state index contributed by atoms with van der Waals surface area (Å²) in [6, 6.07) is 2.07. The monoisotopic (exact) mass is 278 g/mol. The third kappa shape index (κ3) is 4.05.